The smallest absolute Gasteiger partial charge is 0.305 e. The van der Waals surface area contributed by atoms with E-state index in [1.54, 1.807) is 0 Å². The molecule has 5 heteroatoms. The van der Waals surface area contributed by atoms with Crippen molar-refractivity contribution in [2.45, 2.75) is 103 Å². The van der Waals surface area contributed by atoms with E-state index in [4.69, 9.17) is 9.16 Å². The molecule has 0 aliphatic heterocycles. The highest BCUT2D eigenvalue weighted by atomic mass is 28.4. The van der Waals surface area contributed by atoms with Crippen LogP contribution >= 0.6 is 0 Å². The number of ether oxygens (including phenoxy) is 1. The van der Waals surface area contributed by atoms with Crippen molar-refractivity contribution in [2.24, 2.45) is 0 Å². The van der Waals surface area contributed by atoms with Crippen LogP contribution in [0.2, 0.25) is 18.1 Å². The highest BCUT2D eigenvalue weighted by Crippen LogP contribution is 2.38. The molecule has 0 saturated carbocycles. The molecule has 0 fully saturated rings. The van der Waals surface area contributed by atoms with Crippen LogP contribution in [0.3, 0.4) is 0 Å². The van der Waals surface area contributed by atoms with E-state index in [1.807, 2.05) is 30.3 Å². The minimum Gasteiger partial charge on any atom is -0.481 e. The molecule has 1 aromatic rings. The third kappa shape index (κ3) is 9.35. The van der Waals surface area contributed by atoms with Crippen LogP contribution in [0, 0.1) is 0 Å². The summed E-state index contributed by atoms with van der Waals surface area (Å²) >= 11 is 0. The van der Waals surface area contributed by atoms with Crippen LogP contribution in [0.4, 0.5) is 0 Å². The lowest BCUT2D eigenvalue weighted by molar-refractivity contribution is -0.141. The van der Waals surface area contributed by atoms with Gasteiger partial charge in [-0.25, -0.2) is 0 Å². The van der Waals surface area contributed by atoms with Gasteiger partial charge in [-0.3, -0.25) is 4.79 Å². The Bertz CT molecular complexity index is 566. The number of carbonyl (C=O) groups is 1. The van der Waals surface area contributed by atoms with Gasteiger partial charge in [-0.05, 0) is 36.5 Å². The summed E-state index contributed by atoms with van der Waals surface area (Å²) in [6, 6.07) is 9.92. The van der Waals surface area contributed by atoms with Crippen LogP contribution in [0.5, 0.6) is 0 Å². The van der Waals surface area contributed by atoms with Crippen LogP contribution in [-0.2, 0) is 20.6 Å². The minimum atomic E-state index is -1.92. The first kappa shape index (κ1) is 24.9. The Labute approximate surface area is 172 Å². The third-order valence-electron chi connectivity index (χ3n) is 5.65. The molecule has 0 amide bonds. The minimum absolute atomic E-state index is 0.0119. The van der Waals surface area contributed by atoms with Gasteiger partial charge >= 0.3 is 5.97 Å². The summed E-state index contributed by atoms with van der Waals surface area (Å²) in [5.41, 5.74) is 1.06. The molecule has 0 aliphatic rings. The standard InChI is InChI=1S/C23H40O4Si/c1-7-8-10-15-20(27-28(5,6)23(2,3)4)16-21(17-22(24)25)26-18-19-13-11-9-12-14-19/h9,11-14,20-21H,7-8,10,15-18H2,1-6H3,(H,24,25)/t20-,21-/m1/s1. The topological polar surface area (TPSA) is 55.8 Å². The zero-order valence-electron chi connectivity index (χ0n) is 18.7. The Morgan fingerprint density at radius 1 is 1.11 bits per heavy atom. The summed E-state index contributed by atoms with van der Waals surface area (Å²) in [4.78, 5) is 11.4. The van der Waals surface area contributed by atoms with Gasteiger partial charge in [-0.2, -0.15) is 0 Å². The maximum Gasteiger partial charge on any atom is 0.305 e. The molecule has 28 heavy (non-hydrogen) atoms. The van der Waals surface area contributed by atoms with Crippen molar-refractivity contribution in [2.75, 3.05) is 0 Å². The Balaban J connectivity index is 2.82. The molecular formula is C23H40O4Si. The molecule has 0 radical (unpaired) electrons. The van der Waals surface area contributed by atoms with Crippen molar-refractivity contribution in [1.82, 2.24) is 0 Å². The van der Waals surface area contributed by atoms with Crippen molar-refractivity contribution in [3.05, 3.63) is 35.9 Å². The Kier molecular flexibility index (Phi) is 10.4. The van der Waals surface area contributed by atoms with Gasteiger partial charge in [-0.1, -0.05) is 77.3 Å². The molecule has 0 aromatic heterocycles. The summed E-state index contributed by atoms with van der Waals surface area (Å²) < 4.78 is 12.7. The van der Waals surface area contributed by atoms with Crippen LogP contribution in [0.25, 0.3) is 0 Å². The molecule has 160 valence electrons. The average Bonchev–Trinajstić information content (AvgIpc) is 2.59. The lowest BCUT2D eigenvalue weighted by atomic mass is 10.0. The fourth-order valence-electron chi connectivity index (χ4n) is 2.93. The first-order valence-corrected chi connectivity index (χ1v) is 13.5. The third-order valence-corrected chi connectivity index (χ3v) is 10.2. The molecule has 0 bridgehead atoms. The second kappa shape index (κ2) is 11.7. The number of carboxylic acids is 1. The van der Waals surface area contributed by atoms with E-state index in [2.05, 4.69) is 40.8 Å². The highest BCUT2D eigenvalue weighted by Gasteiger charge is 2.39. The Morgan fingerprint density at radius 2 is 1.75 bits per heavy atom. The highest BCUT2D eigenvalue weighted by molar-refractivity contribution is 6.74. The largest absolute Gasteiger partial charge is 0.481 e. The first-order chi connectivity index (χ1) is 13.0. The van der Waals surface area contributed by atoms with Gasteiger partial charge in [0.2, 0.25) is 0 Å². The van der Waals surface area contributed by atoms with Crippen molar-refractivity contribution < 1.29 is 19.1 Å². The zero-order chi connectivity index (χ0) is 21.2. The normalized spacial score (nSPS) is 14.6. The lowest BCUT2D eigenvalue weighted by Gasteiger charge is -2.40. The zero-order valence-corrected chi connectivity index (χ0v) is 19.7. The molecule has 1 aromatic carbocycles. The van der Waals surface area contributed by atoms with E-state index in [9.17, 15) is 9.90 Å². The van der Waals surface area contributed by atoms with Crippen molar-refractivity contribution >= 4 is 14.3 Å². The second-order valence-electron chi connectivity index (χ2n) is 9.25. The average molecular weight is 409 g/mol. The molecule has 0 aliphatic carbocycles. The monoisotopic (exact) mass is 408 g/mol. The number of benzene rings is 1. The molecule has 0 unspecified atom stereocenters. The van der Waals surface area contributed by atoms with Gasteiger partial charge in [-0.15, -0.1) is 0 Å². The summed E-state index contributed by atoms with van der Waals surface area (Å²) in [5.74, 6) is -0.822. The maximum absolute atomic E-state index is 11.4. The van der Waals surface area contributed by atoms with Gasteiger partial charge in [0.05, 0.1) is 19.1 Å². The lowest BCUT2D eigenvalue weighted by Crippen LogP contribution is -2.45. The predicted molar refractivity (Wildman–Crippen MR) is 118 cm³/mol. The Hall–Kier alpha value is -1.17. The SMILES string of the molecule is CCCCC[C@H](C[C@H](CC(=O)O)OCc1ccccc1)O[Si](C)(C)C(C)(C)C. The van der Waals surface area contributed by atoms with E-state index in [-0.39, 0.29) is 23.7 Å². The number of hydrogen-bond donors (Lipinski definition) is 1. The number of unbranched alkanes of at least 4 members (excludes halogenated alkanes) is 2. The van der Waals surface area contributed by atoms with E-state index < -0.39 is 14.3 Å². The molecule has 1 rings (SSSR count). The number of rotatable bonds is 13. The quantitative estimate of drug-likeness (QED) is 0.303. The van der Waals surface area contributed by atoms with Crippen LogP contribution in [-0.4, -0.2) is 31.6 Å². The molecular weight excluding hydrogens is 368 g/mol. The van der Waals surface area contributed by atoms with Crippen molar-refractivity contribution in [3.8, 4) is 0 Å². The van der Waals surface area contributed by atoms with Crippen LogP contribution in [0.15, 0.2) is 30.3 Å². The maximum atomic E-state index is 11.4. The molecule has 1 N–H and O–H groups in total. The first-order valence-electron chi connectivity index (χ1n) is 10.6. The predicted octanol–water partition coefficient (Wildman–Crippen LogP) is 6.41. The molecule has 0 heterocycles. The number of carboxylic acid groups (broad SMARTS) is 1. The van der Waals surface area contributed by atoms with E-state index >= 15 is 0 Å². The Morgan fingerprint density at radius 3 is 2.29 bits per heavy atom. The number of hydrogen-bond acceptors (Lipinski definition) is 3. The van der Waals surface area contributed by atoms with Gasteiger partial charge in [0, 0.05) is 6.10 Å². The summed E-state index contributed by atoms with van der Waals surface area (Å²) in [7, 11) is -1.92. The van der Waals surface area contributed by atoms with Crippen molar-refractivity contribution in [1.29, 1.82) is 0 Å². The fourth-order valence-corrected chi connectivity index (χ4v) is 4.33. The fraction of sp³-hybridized carbons (Fsp3) is 0.696. The molecule has 2 atom stereocenters. The van der Waals surface area contributed by atoms with Crippen LogP contribution < -0.4 is 0 Å². The van der Waals surface area contributed by atoms with Gasteiger partial charge in [0.25, 0.3) is 0 Å². The van der Waals surface area contributed by atoms with Gasteiger partial charge in [0.1, 0.15) is 0 Å². The van der Waals surface area contributed by atoms with Gasteiger partial charge in [0.15, 0.2) is 8.32 Å². The van der Waals surface area contributed by atoms with Crippen molar-refractivity contribution in [3.63, 3.8) is 0 Å². The molecule has 0 spiro atoms. The summed E-state index contributed by atoms with van der Waals surface area (Å²) in [6.45, 7) is 13.9. The summed E-state index contributed by atoms with van der Waals surface area (Å²) in [5, 5.41) is 9.49. The summed E-state index contributed by atoms with van der Waals surface area (Å²) in [6.07, 6.45) is 4.76. The van der Waals surface area contributed by atoms with E-state index in [0.29, 0.717) is 13.0 Å². The molecule has 0 saturated heterocycles. The van der Waals surface area contributed by atoms with E-state index in [1.165, 1.54) is 6.42 Å². The van der Waals surface area contributed by atoms with Crippen LogP contribution in [0.1, 0.15) is 71.8 Å². The van der Waals surface area contributed by atoms with Gasteiger partial charge < -0.3 is 14.3 Å². The molecule has 4 nitrogen and oxygen atoms in total. The van der Waals surface area contributed by atoms with E-state index in [0.717, 1.165) is 24.8 Å². The second-order valence-corrected chi connectivity index (χ2v) is 14.0. The number of aliphatic carboxylic acids is 1.